The molecule has 4 N–H and O–H groups in total. The standard InChI is InChI=1S/C22H30N3O8P/c1-15(2)11-19(24(34(30,31)32)14-23-16(3)26)21(27)25(18-9-10-33-13-18)20(22(28)29)12-17-7-5-4-6-8-17/h4-10,13,15,19-20H,11-12,14H2,1-3H3,(H,23,26)(H,28,29)(H2,30,31,32). The fraction of sp³-hybridized carbons (Fsp3) is 0.409. The lowest BCUT2D eigenvalue weighted by molar-refractivity contribution is -0.140. The predicted octanol–water partition coefficient (Wildman–Crippen LogP) is 2.21. The van der Waals surface area contributed by atoms with E-state index in [0.717, 1.165) is 4.90 Å². The Balaban J connectivity index is 2.56. The highest BCUT2D eigenvalue weighted by atomic mass is 31.2. The van der Waals surface area contributed by atoms with E-state index in [4.69, 9.17) is 4.42 Å². The van der Waals surface area contributed by atoms with Crippen LogP contribution in [-0.2, 0) is 25.4 Å². The summed E-state index contributed by atoms with van der Waals surface area (Å²) in [4.78, 5) is 58.6. The maximum atomic E-state index is 13.9. The first kappa shape index (κ1) is 27.3. The molecular formula is C22H30N3O8P. The average molecular weight is 495 g/mol. The number of hydrogen-bond donors (Lipinski definition) is 4. The number of carboxylic acid groups (broad SMARTS) is 1. The quantitative estimate of drug-likeness (QED) is 0.256. The zero-order valence-electron chi connectivity index (χ0n) is 19.2. The van der Waals surface area contributed by atoms with Crippen molar-refractivity contribution >= 4 is 31.2 Å². The second-order valence-electron chi connectivity index (χ2n) is 8.22. The van der Waals surface area contributed by atoms with Crippen LogP contribution in [0.4, 0.5) is 5.69 Å². The first-order valence-electron chi connectivity index (χ1n) is 10.6. The summed E-state index contributed by atoms with van der Waals surface area (Å²) in [6, 6.07) is 7.28. The summed E-state index contributed by atoms with van der Waals surface area (Å²) < 4.78 is 18.0. The topological polar surface area (TPSA) is 161 Å². The largest absolute Gasteiger partial charge is 0.480 e. The summed E-state index contributed by atoms with van der Waals surface area (Å²) in [5.74, 6) is -2.88. The van der Waals surface area contributed by atoms with E-state index in [1.165, 1.54) is 25.5 Å². The van der Waals surface area contributed by atoms with Gasteiger partial charge in [-0.1, -0.05) is 44.2 Å². The maximum Gasteiger partial charge on any atom is 0.405 e. The Kier molecular flexibility index (Phi) is 9.57. The van der Waals surface area contributed by atoms with E-state index in [2.05, 4.69) is 5.32 Å². The summed E-state index contributed by atoms with van der Waals surface area (Å²) in [7, 11) is -5.04. The molecular weight excluding hydrogens is 465 g/mol. The number of nitrogens with one attached hydrogen (secondary N) is 1. The van der Waals surface area contributed by atoms with Crippen LogP contribution in [0.15, 0.2) is 53.3 Å². The molecule has 1 heterocycles. The molecule has 0 radical (unpaired) electrons. The van der Waals surface area contributed by atoms with Gasteiger partial charge in [0.05, 0.1) is 18.6 Å². The Morgan fingerprint density at radius 2 is 1.74 bits per heavy atom. The molecule has 2 unspecified atom stereocenters. The molecule has 2 amide bonds. The number of carbonyl (C=O) groups is 3. The SMILES string of the molecule is CC(=O)NCN(C(CC(C)C)C(=O)N(c1ccoc1)C(Cc1ccccc1)C(=O)O)P(=O)(O)O. The second kappa shape index (κ2) is 11.9. The Bertz CT molecular complexity index is 1010. The van der Waals surface area contributed by atoms with E-state index in [0.29, 0.717) is 10.2 Å². The first-order chi connectivity index (χ1) is 15.9. The van der Waals surface area contributed by atoms with E-state index in [1.807, 2.05) is 0 Å². The first-order valence-corrected chi connectivity index (χ1v) is 12.2. The fourth-order valence-electron chi connectivity index (χ4n) is 3.51. The smallest absolute Gasteiger partial charge is 0.405 e. The van der Waals surface area contributed by atoms with Gasteiger partial charge in [0.1, 0.15) is 18.3 Å². The van der Waals surface area contributed by atoms with Crippen LogP contribution < -0.4 is 10.2 Å². The normalized spacial score (nSPS) is 13.5. The van der Waals surface area contributed by atoms with Gasteiger partial charge in [-0.25, -0.2) is 9.36 Å². The Labute approximate surface area is 197 Å². The highest BCUT2D eigenvalue weighted by molar-refractivity contribution is 7.49. The number of rotatable bonds is 12. The van der Waals surface area contributed by atoms with Crippen LogP contribution in [0.2, 0.25) is 0 Å². The third-order valence-corrected chi connectivity index (χ3v) is 6.14. The number of benzene rings is 1. The number of amides is 2. The van der Waals surface area contributed by atoms with Gasteiger partial charge in [0, 0.05) is 19.4 Å². The molecule has 0 spiro atoms. The Morgan fingerprint density at radius 1 is 1.09 bits per heavy atom. The van der Waals surface area contributed by atoms with E-state index in [9.17, 15) is 33.8 Å². The minimum absolute atomic E-state index is 0.00441. The van der Waals surface area contributed by atoms with Crippen LogP contribution in [0.25, 0.3) is 0 Å². The van der Waals surface area contributed by atoms with Gasteiger partial charge in [0.2, 0.25) is 11.8 Å². The van der Waals surface area contributed by atoms with Crippen molar-refractivity contribution in [2.24, 2.45) is 5.92 Å². The van der Waals surface area contributed by atoms with Crippen LogP contribution in [0.5, 0.6) is 0 Å². The molecule has 1 aromatic carbocycles. The lowest BCUT2D eigenvalue weighted by Crippen LogP contribution is -2.56. The third-order valence-electron chi connectivity index (χ3n) is 5.05. The number of furan rings is 1. The van der Waals surface area contributed by atoms with E-state index in [1.54, 1.807) is 44.2 Å². The molecule has 0 aliphatic carbocycles. The van der Waals surface area contributed by atoms with Crippen molar-refractivity contribution in [2.75, 3.05) is 11.6 Å². The molecule has 2 atom stereocenters. The van der Waals surface area contributed by atoms with Gasteiger partial charge in [0.25, 0.3) is 0 Å². The molecule has 0 saturated carbocycles. The minimum Gasteiger partial charge on any atom is -0.480 e. The highest BCUT2D eigenvalue weighted by Gasteiger charge is 2.43. The summed E-state index contributed by atoms with van der Waals surface area (Å²) in [5.41, 5.74) is 0.786. The lowest BCUT2D eigenvalue weighted by atomic mass is 9.99. The van der Waals surface area contributed by atoms with Crippen molar-refractivity contribution in [3.05, 3.63) is 54.5 Å². The molecule has 0 bridgehead atoms. The molecule has 2 rings (SSSR count). The van der Waals surface area contributed by atoms with Crippen molar-refractivity contribution in [2.45, 2.75) is 45.7 Å². The summed E-state index contributed by atoms with van der Waals surface area (Å²) >= 11 is 0. The fourth-order valence-corrected chi connectivity index (χ4v) is 4.33. The van der Waals surface area contributed by atoms with Crippen LogP contribution in [0, 0.1) is 5.92 Å². The number of hydrogen-bond acceptors (Lipinski definition) is 5. The van der Waals surface area contributed by atoms with Gasteiger partial charge >= 0.3 is 13.7 Å². The number of carboxylic acids is 1. The minimum atomic E-state index is -5.04. The van der Waals surface area contributed by atoms with Crippen LogP contribution in [-0.4, -0.2) is 56.1 Å². The average Bonchev–Trinajstić information content (AvgIpc) is 3.26. The van der Waals surface area contributed by atoms with Gasteiger partial charge in [0.15, 0.2) is 0 Å². The van der Waals surface area contributed by atoms with Gasteiger partial charge in [-0.05, 0) is 17.9 Å². The van der Waals surface area contributed by atoms with Gasteiger partial charge in [-0.15, -0.1) is 0 Å². The number of anilines is 1. The molecule has 11 nitrogen and oxygen atoms in total. The lowest BCUT2D eigenvalue weighted by Gasteiger charge is -2.37. The van der Waals surface area contributed by atoms with Crippen molar-refractivity contribution < 1.29 is 38.3 Å². The molecule has 186 valence electrons. The van der Waals surface area contributed by atoms with Crippen molar-refractivity contribution in [3.8, 4) is 0 Å². The van der Waals surface area contributed by atoms with Gasteiger partial charge in [-0.2, -0.15) is 4.67 Å². The molecule has 0 aliphatic rings. The highest BCUT2D eigenvalue weighted by Crippen LogP contribution is 2.43. The van der Waals surface area contributed by atoms with E-state index >= 15 is 0 Å². The molecule has 0 fully saturated rings. The molecule has 0 aliphatic heterocycles. The zero-order chi connectivity index (χ0) is 25.5. The summed E-state index contributed by atoms with van der Waals surface area (Å²) in [6.07, 6.45) is 2.41. The molecule has 2 aromatic rings. The molecule has 34 heavy (non-hydrogen) atoms. The van der Waals surface area contributed by atoms with Crippen molar-refractivity contribution in [1.29, 1.82) is 0 Å². The molecule has 12 heteroatoms. The number of carbonyl (C=O) groups excluding carboxylic acids is 2. The number of nitrogens with zero attached hydrogens (tertiary/aromatic N) is 2. The van der Waals surface area contributed by atoms with Crippen molar-refractivity contribution in [1.82, 2.24) is 9.99 Å². The zero-order valence-corrected chi connectivity index (χ0v) is 20.1. The molecule has 0 saturated heterocycles. The molecule has 1 aromatic heterocycles. The maximum absolute atomic E-state index is 13.9. The van der Waals surface area contributed by atoms with Gasteiger partial charge in [-0.3, -0.25) is 14.5 Å². The van der Waals surface area contributed by atoms with Crippen molar-refractivity contribution in [3.63, 3.8) is 0 Å². The number of aliphatic carboxylic acids is 1. The van der Waals surface area contributed by atoms with E-state index < -0.39 is 44.3 Å². The van der Waals surface area contributed by atoms with Crippen LogP contribution >= 0.6 is 7.75 Å². The monoisotopic (exact) mass is 495 g/mol. The van der Waals surface area contributed by atoms with Crippen LogP contribution in [0.3, 0.4) is 0 Å². The Morgan fingerprint density at radius 3 is 2.21 bits per heavy atom. The van der Waals surface area contributed by atoms with Crippen LogP contribution in [0.1, 0.15) is 32.8 Å². The Hall–Kier alpha value is -2.98. The predicted molar refractivity (Wildman–Crippen MR) is 124 cm³/mol. The summed E-state index contributed by atoms with van der Waals surface area (Å²) in [5, 5.41) is 12.4. The second-order valence-corrected chi connectivity index (χ2v) is 9.76. The third kappa shape index (κ3) is 7.53. The van der Waals surface area contributed by atoms with E-state index in [-0.39, 0.29) is 24.4 Å². The summed E-state index contributed by atoms with van der Waals surface area (Å²) in [6.45, 7) is 4.10. The van der Waals surface area contributed by atoms with Gasteiger partial charge < -0.3 is 24.6 Å².